The van der Waals surface area contributed by atoms with E-state index in [4.69, 9.17) is 20.3 Å². The van der Waals surface area contributed by atoms with Crippen LogP contribution in [-0.2, 0) is 11.2 Å². The summed E-state index contributed by atoms with van der Waals surface area (Å²) >= 11 is 0. The molecule has 154 valence electrons. The molecule has 3 atom stereocenters. The summed E-state index contributed by atoms with van der Waals surface area (Å²) in [5.41, 5.74) is 11.3. The molecule has 2 aliphatic rings. The highest BCUT2D eigenvalue weighted by molar-refractivity contribution is 5.68. The summed E-state index contributed by atoms with van der Waals surface area (Å²) in [4.78, 5) is 17.9. The topological polar surface area (TPSA) is 97.9 Å². The molecule has 29 heavy (non-hydrogen) atoms. The maximum atomic E-state index is 10.9. The number of ether oxygens (including phenoxy) is 2. The number of nitrogens with zero attached hydrogens (tertiary/aromatic N) is 2. The second-order valence-electron chi connectivity index (χ2n) is 7.91. The fraction of sp³-hybridized carbons (Fsp3) is 0.455. The molecule has 1 saturated heterocycles. The summed E-state index contributed by atoms with van der Waals surface area (Å²) in [5.74, 6) is 0.240. The Bertz CT molecular complexity index is 917. The van der Waals surface area contributed by atoms with Crippen LogP contribution in [0.15, 0.2) is 30.5 Å². The van der Waals surface area contributed by atoms with Crippen LogP contribution < -0.4 is 15.2 Å². The fourth-order valence-electron chi connectivity index (χ4n) is 4.55. The minimum absolute atomic E-state index is 0.0189. The van der Waals surface area contributed by atoms with Crippen LogP contribution in [0.25, 0.3) is 0 Å². The van der Waals surface area contributed by atoms with E-state index in [9.17, 15) is 4.79 Å². The number of aliphatic carboxylic acids is 1. The summed E-state index contributed by atoms with van der Waals surface area (Å²) in [6.07, 6.45) is 3.58. The van der Waals surface area contributed by atoms with E-state index in [-0.39, 0.29) is 24.6 Å². The predicted molar refractivity (Wildman–Crippen MR) is 108 cm³/mol. The molecule has 0 saturated carbocycles. The Kier molecular flexibility index (Phi) is 5.43. The molecule has 3 unspecified atom stereocenters. The SMILES string of the molecule is COc1cc2c(cc1OCC(=O)O)CCN1CC(c3cc(C)ccn3)C(N)CC21. The Morgan fingerprint density at radius 1 is 1.34 bits per heavy atom. The van der Waals surface area contributed by atoms with Crippen LogP contribution in [0.5, 0.6) is 11.5 Å². The van der Waals surface area contributed by atoms with E-state index >= 15 is 0 Å². The quantitative estimate of drug-likeness (QED) is 0.799. The number of hydrogen-bond donors (Lipinski definition) is 2. The molecule has 0 bridgehead atoms. The van der Waals surface area contributed by atoms with Crippen molar-refractivity contribution in [2.24, 2.45) is 5.73 Å². The van der Waals surface area contributed by atoms with Gasteiger partial charge in [0.25, 0.3) is 0 Å². The molecule has 0 aliphatic carbocycles. The van der Waals surface area contributed by atoms with Crippen molar-refractivity contribution >= 4 is 5.97 Å². The third kappa shape index (κ3) is 3.93. The summed E-state index contributed by atoms with van der Waals surface area (Å²) in [7, 11) is 1.57. The van der Waals surface area contributed by atoms with Crippen LogP contribution in [0.1, 0.15) is 40.8 Å². The number of benzene rings is 1. The first-order valence-corrected chi connectivity index (χ1v) is 9.94. The van der Waals surface area contributed by atoms with Gasteiger partial charge in [0, 0.05) is 43.0 Å². The summed E-state index contributed by atoms with van der Waals surface area (Å²) in [6, 6.07) is 8.30. The number of carboxylic acid groups (broad SMARTS) is 1. The Balaban J connectivity index is 1.60. The van der Waals surface area contributed by atoms with E-state index in [1.165, 1.54) is 16.7 Å². The summed E-state index contributed by atoms with van der Waals surface area (Å²) in [6.45, 7) is 3.50. The maximum Gasteiger partial charge on any atom is 0.341 e. The average Bonchev–Trinajstić information content (AvgIpc) is 2.71. The van der Waals surface area contributed by atoms with Crippen molar-refractivity contribution in [1.82, 2.24) is 9.88 Å². The third-order valence-corrected chi connectivity index (χ3v) is 6.00. The van der Waals surface area contributed by atoms with Gasteiger partial charge in [0.15, 0.2) is 18.1 Å². The Labute approximate surface area is 170 Å². The fourth-order valence-corrected chi connectivity index (χ4v) is 4.55. The van der Waals surface area contributed by atoms with Gasteiger partial charge in [-0.05, 0) is 60.7 Å². The molecule has 4 rings (SSSR count). The molecule has 1 aromatic carbocycles. The largest absolute Gasteiger partial charge is 0.493 e. The monoisotopic (exact) mass is 397 g/mol. The van der Waals surface area contributed by atoms with Crippen molar-refractivity contribution in [2.75, 3.05) is 26.8 Å². The number of pyridine rings is 1. The van der Waals surface area contributed by atoms with Gasteiger partial charge in [-0.15, -0.1) is 0 Å². The zero-order valence-electron chi connectivity index (χ0n) is 16.8. The van der Waals surface area contributed by atoms with Crippen LogP contribution in [0, 0.1) is 6.92 Å². The van der Waals surface area contributed by atoms with Crippen LogP contribution in [0.2, 0.25) is 0 Å². The highest BCUT2D eigenvalue weighted by Crippen LogP contribution is 2.44. The molecule has 3 heterocycles. The van der Waals surface area contributed by atoms with E-state index in [2.05, 4.69) is 22.9 Å². The molecule has 0 radical (unpaired) electrons. The zero-order valence-corrected chi connectivity index (χ0v) is 16.8. The van der Waals surface area contributed by atoms with Gasteiger partial charge in [-0.3, -0.25) is 9.88 Å². The minimum Gasteiger partial charge on any atom is -0.493 e. The summed E-state index contributed by atoms with van der Waals surface area (Å²) in [5, 5.41) is 8.90. The molecule has 1 aromatic heterocycles. The van der Waals surface area contributed by atoms with Crippen LogP contribution in [-0.4, -0.2) is 53.8 Å². The lowest BCUT2D eigenvalue weighted by molar-refractivity contribution is -0.139. The van der Waals surface area contributed by atoms with Crippen molar-refractivity contribution in [3.05, 3.63) is 52.8 Å². The predicted octanol–water partition coefficient (Wildman–Crippen LogP) is 2.28. The Hall–Kier alpha value is -2.64. The van der Waals surface area contributed by atoms with Gasteiger partial charge in [0.1, 0.15) is 0 Å². The van der Waals surface area contributed by atoms with Crippen molar-refractivity contribution in [2.45, 2.75) is 37.8 Å². The first kappa shape index (κ1) is 19.7. The van der Waals surface area contributed by atoms with Gasteiger partial charge in [-0.2, -0.15) is 0 Å². The average molecular weight is 397 g/mol. The highest BCUT2D eigenvalue weighted by atomic mass is 16.5. The Morgan fingerprint density at radius 3 is 2.90 bits per heavy atom. The number of fused-ring (bicyclic) bond motifs is 3. The molecular weight excluding hydrogens is 370 g/mol. The molecule has 0 amide bonds. The molecule has 3 N–H and O–H groups in total. The van der Waals surface area contributed by atoms with Crippen molar-refractivity contribution < 1.29 is 19.4 Å². The smallest absolute Gasteiger partial charge is 0.341 e. The molecule has 0 spiro atoms. The van der Waals surface area contributed by atoms with Crippen molar-refractivity contribution in [3.63, 3.8) is 0 Å². The lowest BCUT2D eigenvalue weighted by atomic mass is 9.79. The molecule has 7 nitrogen and oxygen atoms in total. The lowest BCUT2D eigenvalue weighted by Crippen LogP contribution is -2.50. The Morgan fingerprint density at radius 2 is 2.17 bits per heavy atom. The number of piperidine rings is 1. The second kappa shape index (κ2) is 8.00. The normalized spacial score (nSPS) is 23.8. The molecular formula is C22H27N3O4. The van der Waals surface area contributed by atoms with Gasteiger partial charge in [-0.25, -0.2) is 4.79 Å². The number of rotatable bonds is 5. The third-order valence-electron chi connectivity index (χ3n) is 6.00. The summed E-state index contributed by atoms with van der Waals surface area (Å²) < 4.78 is 10.9. The first-order chi connectivity index (χ1) is 14.0. The maximum absolute atomic E-state index is 10.9. The number of hydrogen-bond acceptors (Lipinski definition) is 6. The first-order valence-electron chi connectivity index (χ1n) is 9.94. The number of aryl methyl sites for hydroxylation is 1. The minimum atomic E-state index is -1.01. The second-order valence-corrected chi connectivity index (χ2v) is 7.91. The number of methoxy groups -OCH3 is 1. The van der Waals surface area contributed by atoms with E-state index in [1.807, 2.05) is 24.4 Å². The van der Waals surface area contributed by atoms with Gasteiger partial charge >= 0.3 is 5.97 Å². The number of carboxylic acids is 1. The van der Waals surface area contributed by atoms with Crippen LogP contribution in [0.3, 0.4) is 0 Å². The van der Waals surface area contributed by atoms with Gasteiger partial charge in [0.05, 0.1) is 7.11 Å². The number of nitrogens with two attached hydrogens (primary N) is 1. The molecule has 1 fully saturated rings. The van der Waals surface area contributed by atoms with Crippen LogP contribution >= 0.6 is 0 Å². The van der Waals surface area contributed by atoms with E-state index in [0.717, 1.165) is 31.6 Å². The van der Waals surface area contributed by atoms with Crippen molar-refractivity contribution in [3.8, 4) is 11.5 Å². The number of carbonyl (C=O) groups is 1. The van der Waals surface area contributed by atoms with Crippen molar-refractivity contribution in [1.29, 1.82) is 0 Å². The molecule has 2 aromatic rings. The highest BCUT2D eigenvalue weighted by Gasteiger charge is 2.39. The lowest BCUT2D eigenvalue weighted by Gasteiger charge is -2.46. The standard InChI is InChI=1S/C22H27N3O4/c1-13-3-5-24-18(7-13)16-11-25-6-4-14-8-21(29-12-22(26)27)20(28-2)9-15(14)19(25)10-17(16)23/h3,5,7-9,16-17,19H,4,6,10-12,23H2,1-2H3,(H,26,27). The van der Waals surface area contributed by atoms with E-state index in [1.54, 1.807) is 7.11 Å². The molecule has 7 heteroatoms. The van der Waals surface area contributed by atoms with Crippen LogP contribution in [0.4, 0.5) is 0 Å². The molecule has 2 aliphatic heterocycles. The number of aromatic nitrogens is 1. The van der Waals surface area contributed by atoms with Gasteiger partial charge in [-0.1, -0.05) is 0 Å². The van der Waals surface area contributed by atoms with E-state index < -0.39 is 5.97 Å². The van der Waals surface area contributed by atoms with Gasteiger partial charge < -0.3 is 20.3 Å². The van der Waals surface area contributed by atoms with E-state index in [0.29, 0.717) is 11.5 Å². The van der Waals surface area contributed by atoms with Gasteiger partial charge in [0.2, 0.25) is 0 Å². The zero-order chi connectivity index (χ0) is 20.5.